The maximum Gasteiger partial charge on any atom is 0.159 e. The van der Waals surface area contributed by atoms with Crippen molar-refractivity contribution in [3.05, 3.63) is 34.9 Å². The van der Waals surface area contributed by atoms with Crippen molar-refractivity contribution in [3.63, 3.8) is 0 Å². The van der Waals surface area contributed by atoms with Crippen LogP contribution in [0.25, 0.3) is 0 Å². The highest BCUT2D eigenvalue weighted by molar-refractivity contribution is 5.90. The zero-order chi connectivity index (χ0) is 13.8. The van der Waals surface area contributed by atoms with Gasteiger partial charge in [0.2, 0.25) is 0 Å². The number of Topliss-reactive ketones (excluding diaryl/α,β-unsaturated/α-hetero) is 1. The van der Waals surface area contributed by atoms with Gasteiger partial charge in [0.15, 0.2) is 5.78 Å². The number of nitrogens with zero attached hydrogens (tertiary/aromatic N) is 1. The lowest BCUT2D eigenvalue weighted by atomic mass is 9.85. The molecule has 0 bridgehead atoms. The molecule has 0 radical (unpaired) electrons. The average molecular weight is 257 g/mol. The smallest absolute Gasteiger partial charge is 0.159 e. The molecular formula is C16H19NO2. The van der Waals surface area contributed by atoms with Crippen LogP contribution in [0.5, 0.6) is 0 Å². The Morgan fingerprint density at radius 3 is 2.79 bits per heavy atom. The number of ether oxygens (including phenoxy) is 1. The SMILES string of the molecule is Cc1ccc(C(C#N)C(=O)C2CCCOC2)cc1C. The number of hydrogen-bond acceptors (Lipinski definition) is 3. The lowest BCUT2D eigenvalue weighted by Crippen LogP contribution is -2.29. The summed E-state index contributed by atoms with van der Waals surface area (Å²) in [5, 5.41) is 9.33. The van der Waals surface area contributed by atoms with Crippen molar-refractivity contribution >= 4 is 5.78 Å². The Kier molecular flexibility index (Phi) is 4.34. The van der Waals surface area contributed by atoms with Crippen LogP contribution < -0.4 is 0 Å². The molecular weight excluding hydrogens is 238 g/mol. The van der Waals surface area contributed by atoms with Crippen molar-refractivity contribution < 1.29 is 9.53 Å². The molecule has 2 unspecified atom stereocenters. The van der Waals surface area contributed by atoms with Crippen LogP contribution in [0.15, 0.2) is 18.2 Å². The maximum atomic E-state index is 12.4. The largest absolute Gasteiger partial charge is 0.381 e. The van der Waals surface area contributed by atoms with Crippen LogP contribution in [0.2, 0.25) is 0 Å². The second-order valence-electron chi connectivity index (χ2n) is 5.22. The summed E-state index contributed by atoms with van der Waals surface area (Å²) in [5.74, 6) is -0.781. The molecule has 0 amide bonds. The minimum absolute atomic E-state index is 0.00505. The number of rotatable bonds is 3. The summed E-state index contributed by atoms with van der Waals surface area (Å²) in [7, 11) is 0. The van der Waals surface area contributed by atoms with E-state index in [4.69, 9.17) is 4.74 Å². The highest BCUT2D eigenvalue weighted by atomic mass is 16.5. The second-order valence-corrected chi connectivity index (χ2v) is 5.22. The van der Waals surface area contributed by atoms with Gasteiger partial charge in [-0.15, -0.1) is 0 Å². The number of aryl methyl sites for hydroxylation is 2. The van der Waals surface area contributed by atoms with Gasteiger partial charge in [0.1, 0.15) is 5.92 Å². The fourth-order valence-corrected chi connectivity index (χ4v) is 2.45. The van der Waals surface area contributed by atoms with Crippen LogP contribution in [-0.4, -0.2) is 19.0 Å². The quantitative estimate of drug-likeness (QED) is 0.836. The van der Waals surface area contributed by atoms with Gasteiger partial charge in [-0.3, -0.25) is 4.79 Å². The molecule has 1 aliphatic heterocycles. The molecule has 0 aromatic heterocycles. The van der Waals surface area contributed by atoms with E-state index in [0.29, 0.717) is 6.61 Å². The first-order valence-corrected chi connectivity index (χ1v) is 6.71. The van der Waals surface area contributed by atoms with Crippen LogP contribution in [-0.2, 0) is 9.53 Å². The minimum atomic E-state index is -0.661. The maximum absolute atomic E-state index is 12.4. The Morgan fingerprint density at radius 1 is 1.42 bits per heavy atom. The van der Waals surface area contributed by atoms with Gasteiger partial charge in [-0.2, -0.15) is 5.26 Å². The molecule has 2 rings (SSSR count). The zero-order valence-corrected chi connectivity index (χ0v) is 11.5. The van der Waals surface area contributed by atoms with Crippen LogP contribution >= 0.6 is 0 Å². The number of hydrogen-bond donors (Lipinski definition) is 0. The molecule has 1 fully saturated rings. The van der Waals surface area contributed by atoms with E-state index in [2.05, 4.69) is 6.07 Å². The Balaban J connectivity index is 2.21. The summed E-state index contributed by atoms with van der Waals surface area (Å²) < 4.78 is 5.35. The third-order valence-corrected chi connectivity index (χ3v) is 3.84. The molecule has 1 aliphatic rings. The first-order valence-electron chi connectivity index (χ1n) is 6.71. The lowest BCUT2D eigenvalue weighted by molar-refractivity contribution is -0.127. The first kappa shape index (κ1) is 13.8. The minimum Gasteiger partial charge on any atom is -0.381 e. The summed E-state index contributed by atoms with van der Waals surface area (Å²) in [6, 6.07) is 7.96. The summed E-state index contributed by atoms with van der Waals surface area (Å²) in [6.45, 7) is 5.21. The first-order chi connectivity index (χ1) is 9.13. The molecule has 0 N–H and O–H groups in total. The molecule has 0 saturated carbocycles. The number of carbonyl (C=O) groups is 1. The van der Waals surface area contributed by atoms with Crippen LogP contribution in [0, 0.1) is 31.1 Å². The van der Waals surface area contributed by atoms with Crippen molar-refractivity contribution in [1.82, 2.24) is 0 Å². The number of benzene rings is 1. The van der Waals surface area contributed by atoms with Gasteiger partial charge in [-0.1, -0.05) is 18.2 Å². The van der Waals surface area contributed by atoms with Crippen LogP contribution in [0.3, 0.4) is 0 Å². The summed E-state index contributed by atoms with van der Waals surface area (Å²) in [5.41, 5.74) is 3.10. The van der Waals surface area contributed by atoms with Gasteiger partial charge in [0.05, 0.1) is 12.7 Å². The molecule has 1 aromatic rings. The van der Waals surface area contributed by atoms with E-state index in [1.165, 1.54) is 5.56 Å². The standard InChI is InChI=1S/C16H19NO2/c1-11-5-6-13(8-12(11)2)15(9-17)16(18)14-4-3-7-19-10-14/h5-6,8,14-15H,3-4,7,10H2,1-2H3. The Labute approximate surface area is 114 Å². The fraction of sp³-hybridized carbons (Fsp3) is 0.500. The molecule has 19 heavy (non-hydrogen) atoms. The van der Waals surface area contributed by atoms with E-state index >= 15 is 0 Å². The van der Waals surface area contributed by atoms with E-state index in [1.807, 2.05) is 32.0 Å². The van der Waals surface area contributed by atoms with Gasteiger partial charge in [0, 0.05) is 12.5 Å². The normalized spacial score (nSPS) is 20.6. The average Bonchev–Trinajstić information content (AvgIpc) is 2.44. The van der Waals surface area contributed by atoms with Crippen molar-refractivity contribution in [2.45, 2.75) is 32.6 Å². The molecule has 3 heteroatoms. The zero-order valence-electron chi connectivity index (χ0n) is 11.5. The van der Waals surface area contributed by atoms with Crippen molar-refractivity contribution in [2.75, 3.05) is 13.2 Å². The van der Waals surface area contributed by atoms with E-state index in [-0.39, 0.29) is 11.7 Å². The lowest BCUT2D eigenvalue weighted by Gasteiger charge is -2.23. The molecule has 2 atom stereocenters. The number of carbonyl (C=O) groups excluding carboxylic acids is 1. The summed E-state index contributed by atoms with van der Waals surface area (Å²) >= 11 is 0. The Hall–Kier alpha value is -1.66. The van der Waals surface area contributed by atoms with Gasteiger partial charge in [-0.25, -0.2) is 0 Å². The third kappa shape index (κ3) is 3.02. The fourth-order valence-electron chi connectivity index (χ4n) is 2.45. The molecule has 0 spiro atoms. The van der Waals surface area contributed by atoms with Gasteiger partial charge in [0.25, 0.3) is 0 Å². The molecule has 1 aromatic carbocycles. The van der Waals surface area contributed by atoms with E-state index < -0.39 is 5.92 Å². The molecule has 1 heterocycles. The third-order valence-electron chi connectivity index (χ3n) is 3.84. The topological polar surface area (TPSA) is 50.1 Å². The van der Waals surface area contributed by atoms with Gasteiger partial charge >= 0.3 is 0 Å². The molecule has 0 aliphatic carbocycles. The van der Waals surface area contributed by atoms with E-state index in [1.54, 1.807) is 0 Å². The van der Waals surface area contributed by atoms with Gasteiger partial charge in [-0.05, 0) is 43.4 Å². The predicted molar refractivity (Wildman–Crippen MR) is 72.8 cm³/mol. The van der Waals surface area contributed by atoms with Crippen molar-refractivity contribution in [3.8, 4) is 6.07 Å². The number of ketones is 1. The monoisotopic (exact) mass is 257 g/mol. The van der Waals surface area contributed by atoms with Crippen molar-refractivity contribution in [2.24, 2.45) is 5.92 Å². The Morgan fingerprint density at radius 2 is 2.21 bits per heavy atom. The molecule has 3 nitrogen and oxygen atoms in total. The molecule has 1 saturated heterocycles. The van der Waals surface area contributed by atoms with Crippen LogP contribution in [0.4, 0.5) is 0 Å². The summed E-state index contributed by atoms with van der Waals surface area (Å²) in [4.78, 5) is 12.4. The van der Waals surface area contributed by atoms with Crippen molar-refractivity contribution in [1.29, 1.82) is 5.26 Å². The predicted octanol–water partition coefficient (Wildman–Crippen LogP) is 2.91. The van der Waals surface area contributed by atoms with Gasteiger partial charge < -0.3 is 4.74 Å². The highest BCUT2D eigenvalue weighted by Gasteiger charge is 2.29. The molecule has 100 valence electrons. The Bertz CT molecular complexity index is 510. The van der Waals surface area contributed by atoms with Crippen LogP contribution in [0.1, 0.15) is 35.4 Å². The second kappa shape index (κ2) is 5.99. The number of nitriles is 1. The van der Waals surface area contributed by atoms with E-state index in [9.17, 15) is 10.1 Å². The summed E-state index contributed by atoms with van der Waals surface area (Å²) in [6.07, 6.45) is 1.74. The highest BCUT2D eigenvalue weighted by Crippen LogP contribution is 2.26. The van der Waals surface area contributed by atoms with E-state index in [0.717, 1.165) is 30.6 Å².